The number of carbonyl (C=O) groups is 1. The topological polar surface area (TPSA) is 112 Å². The number of allylic oxidation sites excluding steroid dienone is 1. The van der Waals surface area contributed by atoms with Crippen LogP contribution in [0.15, 0.2) is 53.7 Å². The Bertz CT molecular complexity index is 834. The van der Waals surface area contributed by atoms with Gasteiger partial charge in [-0.2, -0.15) is 0 Å². The molecule has 1 amide bonds. The van der Waals surface area contributed by atoms with Gasteiger partial charge in [0.05, 0.1) is 30.8 Å². The molecular formula is C17H19FN6O2. The number of nitrogens with zero attached hydrogens (tertiary/aromatic N) is 4. The van der Waals surface area contributed by atoms with E-state index in [0.717, 1.165) is 0 Å². The average molecular weight is 358 g/mol. The molecule has 0 bridgehead atoms. The minimum atomic E-state index is -0.554. The van der Waals surface area contributed by atoms with Crippen LogP contribution in [0, 0.1) is 5.82 Å². The Labute approximate surface area is 149 Å². The molecule has 2 aromatic rings. The van der Waals surface area contributed by atoms with E-state index < -0.39 is 11.9 Å². The fraction of sp³-hybridized carbons (Fsp3) is 0.235. The lowest BCUT2D eigenvalue weighted by atomic mass is 10.2. The first-order valence-corrected chi connectivity index (χ1v) is 7.99. The van der Waals surface area contributed by atoms with Gasteiger partial charge < -0.3 is 20.8 Å². The van der Waals surface area contributed by atoms with Gasteiger partial charge in [-0.25, -0.2) is 14.2 Å². The number of rotatable bonds is 6. The number of imidazole rings is 1. The second kappa shape index (κ2) is 7.79. The Balaban J connectivity index is 1.72. The van der Waals surface area contributed by atoms with Crippen molar-refractivity contribution < 1.29 is 13.9 Å². The van der Waals surface area contributed by atoms with Crippen LogP contribution in [0.25, 0.3) is 0 Å². The highest BCUT2D eigenvalue weighted by Gasteiger charge is 2.31. The van der Waals surface area contributed by atoms with E-state index in [1.165, 1.54) is 29.4 Å². The molecule has 136 valence electrons. The molecule has 1 aliphatic heterocycles. The number of ether oxygens (including phenoxy) is 1. The quantitative estimate of drug-likeness (QED) is 0.761. The van der Waals surface area contributed by atoms with E-state index in [2.05, 4.69) is 9.98 Å². The molecule has 0 spiro atoms. The summed E-state index contributed by atoms with van der Waals surface area (Å²) in [6, 6.07) is 4.35. The molecule has 26 heavy (non-hydrogen) atoms. The van der Waals surface area contributed by atoms with Gasteiger partial charge in [-0.15, -0.1) is 0 Å². The molecule has 1 fully saturated rings. The molecule has 0 radical (unpaired) electrons. The maximum atomic E-state index is 14.4. The van der Waals surface area contributed by atoms with E-state index in [-0.39, 0.29) is 18.3 Å². The first-order chi connectivity index (χ1) is 12.6. The van der Waals surface area contributed by atoms with Crippen molar-refractivity contribution in [1.29, 1.82) is 0 Å². The molecule has 1 aromatic carbocycles. The van der Waals surface area contributed by atoms with Gasteiger partial charge in [0, 0.05) is 36.9 Å². The van der Waals surface area contributed by atoms with Gasteiger partial charge in [0.2, 0.25) is 0 Å². The number of hydrogen-bond acceptors (Lipinski definition) is 6. The molecule has 0 aliphatic carbocycles. The van der Waals surface area contributed by atoms with E-state index in [1.54, 1.807) is 24.8 Å². The summed E-state index contributed by atoms with van der Waals surface area (Å²) in [5.41, 5.74) is 12.3. The number of hydrogen-bond donors (Lipinski definition) is 2. The Morgan fingerprint density at radius 1 is 1.50 bits per heavy atom. The minimum absolute atomic E-state index is 0.140. The van der Waals surface area contributed by atoms with Gasteiger partial charge in [0.15, 0.2) is 5.82 Å². The van der Waals surface area contributed by atoms with Gasteiger partial charge in [-0.3, -0.25) is 9.89 Å². The molecule has 1 saturated heterocycles. The number of aliphatic imine (C=N–C) groups is 1. The fourth-order valence-corrected chi connectivity index (χ4v) is 2.50. The van der Waals surface area contributed by atoms with E-state index in [1.807, 2.05) is 4.57 Å². The molecule has 0 saturated carbocycles. The van der Waals surface area contributed by atoms with Crippen molar-refractivity contribution in [3.63, 3.8) is 0 Å². The van der Waals surface area contributed by atoms with Gasteiger partial charge in [0.25, 0.3) is 0 Å². The zero-order valence-corrected chi connectivity index (χ0v) is 14.0. The molecule has 2 heterocycles. The Kier molecular flexibility index (Phi) is 5.28. The van der Waals surface area contributed by atoms with Gasteiger partial charge in [-0.05, 0) is 18.2 Å². The molecule has 1 unspecified atom stereocenters. The highest BCUT2D eigenvalue weighted by molar-refractivity contribution is 5.90. The summed E-state index contributed by atoms with van der Waals surface area (Å²) >= 11 is 0. The molecule has 9 heteroatoms. The van der Waals surface area contributed by atoms with Crippen molar-refractivity contribution in [2.45, 2.75) is 12.6 Å². The number of nitrogens with two attached hydrogens (primary N) is 2. The number of carbonyl (C=O) groups excluding carboxylic acids is 1. The molecule has 1 aliphatic rings. The van der Waals surface area contributed by atoms with Crippen LogP contribution in [-0.4, -0.2) is 41.1 Å². The first-order valence-electron chi connectivity index (χ1n) is 7.99. The van der Waals surface area contributed by atoms with E-state index in [0.29, 0.717) is 24.4 Å². The normalized spacial score (nSPS) is 17.9. The average Bonchev–Trinajstić information content (AvgIpc) is 3.28. The first kappa shape index (κ1) is 17.6. The van der Waals surface area contributed by atoms with Crippen LogP contribution >= 0.6 is 0 Å². The van der Waals surface area contributed by atoms with Crippen molar-refractivity contribution in [2.75, 3.05) is 18.0 Å². The van der Waals surface area contributed by atoms with Crippen LogP contribution < -0.4 is 16.4 Å². The van der Waals surface area contributed by atoms with Crippen LogP contribution in [0.2, 0.25) is 0 Å². The maximum absolute atomic E-state index is 14.4. The third kappa shape index (κ3) is 3.89. The van der Waals surface area contributed by atoms with Crippen molar-refractivity contribution in [2.24, 2.45) is 16.5 Å². The number of halogens is 1. The third-order valence-corrected chi connectivity index (χ3v) is 3.89. The Hall–Kier alpha value is -3.20. The lowest BCUT2D eigenvalue weighted by Crippen LogP contribution is -2.27. The number of amides is 1. The van der Waals surface area contributed by atoms with E-state index in [9.17, 15) is 9.18 Å². The zero-order valence-electron chi connectivity index (χ0n) is 14.0. The molecule has 1 atom stereocenters. The number of cyclic esters (lactones) is 1. The predicted octanol–water partition coefficient (Wildman–Crippen LogP) is 1.55. The molecule has 1 aromatic heterocycles. The van der Waals surface area contributed by atoms with Crippen LogP contribution in [-0.2, 0) is 11.3 Å². The lowest BCUT2D eigenvalue weighted by molar-refractivity contribution is 0.145. The third-order valence-electron chi connectivity index (χ3n) is 3.89. The fourth-order valence-electron chi connectivity index (χ4n) is 2.50. The second-order valence-corrected chi connectivity index (χ2v) is 5.72. The van der Waals surface area contributed by atoms with Crippen LogP contribution in [0.1, 0.15) is 0 Å². The van der Waals surface area contributed by atoms with Crippen molar-refractivity contribution in [3.05, 3.63) is 54.5 Å². The molecule has 3 rings (SSSR count). The summed E-state index contributed by atoms with van der Waals surface area (Å²) in [4.78, 5) is 21.2. The largest absolute Gasteiger partial charge is 0.443 e. The summed E-state index contributed by atoms with van der Waals surface area (Å²) in [5.74, 6) is -0.554. The van der Waals surface area contributed by atoms with E-state index in [4.69, 9.17) is 16.2 Å². The highest BCUT2D eigenvalue weighted by Crippen LogP contribution is 2.27. The van der Waals surface area contributed by atoms with Gasteiger partial charge >= 0.3 is 6.09 Å². The van der Waals surface area contributed by atoms with Crippen molar-refractivity contribution in [3.8, 4) is 0 Å². The number of benzene rings is 1. The summed E-state index contributed by atoms with van der Waals surface area (Å²) in [6.07, 6.45) is 7.07. The van der Waals surface area contributed by atoms with Crippen molar-refractivity contribution in [1.82, 2.24) is 9.55 Å². The van der Waals surface area contributed by atoms with Crippen LogP contribution in [0.5, 0.6) is 0 Å². The molecule has 4 N–H and O–H groups in total. The van der Waals surface area contributed by atoms with Crippen LogP contribution in [0.4, 0.5) is 20.6 Å². The SMILES string of the molecule is N/C=C(\C=Nc1ccc(N2CC(CN)OC2=O)cc1F)Cn1ccnc1. The smallest absolute Gasteiger partial charge is 0.414 e. The molecule has 8 nitrogen and oxygen atoms in total. The van der Waals surface area contributed by atoms with Gasteiger partial charge in [0.1, 0.15) is 6.10 Å². The summed E-state index contributed by atoms with van der Waals surface area (Å²) in [5, 5.41) is 0. The lowest BCUT2D eigenvalue weighted by Gasteiger charge is -2.13. The second-order valence-electron chi connectivity index (χ2n) is 5.72. The monoisotopic (exact) mass is 358 g/mol. The van der Waals surface area contributed by atoms with E-state index >= 15 is 0 Å². The Morgan fingerprint density at radius 2 is 2.35 bits per heavy atom. The number of aromatic nitrogens is 2. The number of anilines is 1. The standard InChI is InChI=1S/C17H19FN6O2/c18-15-5-13(24-10-14(7-20)26-17(24)25)1-2-16(15)22-8-12(6-19)9-23-4-3-21-11-23/h1-6,8,11,14H,7,9-10,19-20H2/b12-6+,22-8?. The zero-order chi connectivity index (χ0) is 18.5. The molecular weight excluding hydrogens is 339 g/mol. The van der Waals surface area contributed by atoms with Gasteiger partial charge in [-0.1, -0.05) is 0 Å². The summed E-state index contributed by atoms with van der Waals surface area (Å²) in [7, 11) is 0. The van der Waals surface area contributed by atoms with Crippen molar-refractivity contribution >= 4 is 23.7 Å². The summed E-state index contributed by atoms with van der Waals surface area (Å²) in [6.45, 7) is 0.986. The minimum Gasteiger partial charge on any atom is -0.443 e. The van der Waals surface area contributed by atoms with Crippen LogP contribution in [0.3, 0.4) is 0 Å². The highest BCUT2D eigenvalue weighted by atomic mass is 19.1. The maximum Gasteiger partial charge on any atom is 0.414 e. The Morgan fingerprint density at radius 3 is 2.96 bits per heavy atom. The predicted molar refractivity (Wildman–Crippen MR) is 95.7 cm³/mol. The summed E-state index contributed by atoms with van der Waals surface area (Å²) < 4.78 is 21.2.